The monoisotopic (exact) mass is 369 g/mol. The van der Waals surface area contributed by atoms with Crippen LogP contribution in [-0.4, -0.2) is 22.4 Å². The van der Waals surface area contributed by atoms with Gasteiger partial charge in [-0.1, -0.05) is 34.8 Å². The molecule has 0 fully saturated rings. The Balaban J connectivity index is 2.53. The van der Waals surface area contributed by atoms with Crippen molar-refractivity contribution >= 4 is 46.8 Å². The molecular formula is C15H10Cl3N3O2. The van der Waals surface area contributed by atoms with Crippen molar-refractivity contribution < 1.29 is 9.53 Å². The van der Waals surface area contributed by atoms with Gasteiger partial charge in [0.1, 0.15) is 6.07 Å². The normalized spacial score (nSPS) is 10.7. The number of rotatable bonds is 4. The molecule has 1 aromatic carbocycles. The average Bonchev–Trinajstić information content (AvgIpc) is 2.94. The molecule has 0 N–H and O–H groups in total. The Kier molecular flexibility index (Phi) is 5.67. The van der Waals surface area contributed by atoms with Gasteiger partial charge in [0.2, 0.25) is 0 Å². The third-order valence-corrected chi connectivity index (χ3v) is 4.12. The minimum atomic E-state index is -0.524. The van der Waals surface area contributed by atoms with Crippen LogP contribution in [0.4, 0.5) is 0 Å². The largest absolute Gasteiger partial charge is 0.463 e. The van der Waals surface area contributed by atoms with Crippen molar-refractivity contribution in [2.45, 2.75) is 6.92 Å². The first-order valence-corrected chi connectivity index (χ1v) is 7.59. The van der Waals surface area contributed by atoms with E-state index in [-0.39, 0.29) is 22.2 Å². The second-order valence-corrected chi connectivity index (χ2v) is 5.41. The van der Waals surface area contributed by atoms with Crippen molar-refractivity contribution in [2.75, 3.05) is 6.61 Å². The molecule has 0 spiro atoms. The van der Waals surface area contributed by atoms with E-state index in [1.165, 1.54) is 23.0 Å². The standard InChI is InChI=1S/C15H10Cl3N3O2/c1-2-23-13(22)6-5-11-9(7-19)8-20-21(11)12-4-3-10(16)14(17)15(12)18/h3-6,8H,2H2,1H3. The number of halogens is 3. The number of carbonyl (C=O) groups excluding carboxylic acids is 1. The van der Waals surface area contributed by atoms with Crippen LogP contribution in [0.15, 0.2) is 24.4 Å². The number of hydrogen-bond acceptors (Lipinski definition) is 4. The maximum absolute atomic E-state index is 11.5. The van der Waals surface area contributed by atoms with Crippen LogP contribution in [0.3, 0.4) is 0 Å². The molecule has 1 heterocycles. The van der Waals surface area contributed by atoms with Crippen LogP contribution in [0.1, 0.15) is 18.2 Å². The number of nitrogens with zero attached hydrogens (tertiary/aromatic N) is 3. The lowest BCUT2D eigenvalue weighted by atomic mass is 10.2. The summed E-state index contributed by atoms with van der Waals surface area (Å²) in [6, 6.07) is 5.18. The highest BCUT2D eigenvalue weighted by Crippen LogP contribution is 2.35. The van der Waals surface area contributed by atoms with Gasteiger partial charge in [-0.2, -0.15) is 10.4 Å². The first-order valence-electron chi connectivity index (χ1n) is 6.46. The Hall–Kier alpha value is -2.00. The molecule has 2 rings (SSSR count). The summed E-state index contributed by atoms with van der Waals surface area (Å²) in [6.07, 6.45) is 4.01. The molecular weight excluding hydrogens is 361 g/mol. The Morgan fingerprint density at radius 1 is 1.39 bits per heavy atom. The van der Waals surface area contributed by atoms with Crippen LogP contribution < -0.4 is 0 Å². The molecule has 23 heavy (non-hydrogen) atoms. The number of ether oxygens (including phenoxy) is 1. The van der Waals surface area contributed by atoms with Gasteiger partial charge >= 0.3 is 5.97 Å². The molecule has 0 atom stereocenters. The fourth-order valence-corrected chi connectivity index (χ4v) is 2.42. The van der Waals surface area contributed by atoms with E-state index in [1.807, 2.05) is 6.07 Å². The number of benzene rings is 1. The topological polar surface area (TPSA) is 67.9 Å². The lowest BCUT2D eigenvalue weighted by molar-refractivity contribution is -0.137. The smallest absolute Gasteiger partial charge is 0.330 e. The summed E-state index contributed by atoms with van der Waals surface area (Å²) < 4.78 is 6.22. The molecule has 0 amide bonds. The number of nitriles is 1. The van der Waals surface area contributed by atoms with Crippen LogP contribution in [0.25, 0.3) is 11.8 Å². The van der Waals surface area contributed by atoms with Crippen LogP contribution in [0, 0.1) is 11.3 Å². The SMILES string of the molecule is CCOC(=O)C=Cc1c(C#N)cnn1-c1ccc(Cl)c(Cl)c1Cl. The minimum Gasteiger partial charge on any atom is -0.463 e. The molecule has 8 heteroatoms. The summed E-state index contributed by atoms with van der Waals surface area (Å²) in [5, 5.41) is 14.0. The summed E-state index contributed by atoms with van der Waals surface area (Å²) in [5.41, 5.74) is 1.08. The number of esters is 1. The summed E-state index contributed by atoms with van der Waals surface area (Å²) in [7, 11) is 0. The zero-order valence-electron chi connectivity index (χ0n) is 11.9. The van der Waals surface area contributed by atoms with Crippen molar-refractivity contribution in [1.29, 1.82) is 5.26 Å². The molecule has 1 aromatic heterocycles. The van der Waals surface area contributed by atoms with E-state index in [2.05, 4.69) is 5.10 Å². The van der Waals surface area contributed by atoms with Gasteiger partial charge in [-0.3, -0.25) is 0 Å². The van der Waals surface area contributed by atoms with Gasteiger partial charge in [-0.05, 0) is 25.1 Å². The number of aromatic nitrogens is 2. The fourth-order valence-electron chi connectivity index (χ4n) is 1.81. The molecule has 0 aliphatic carbocycles. The molecule has 2 aromatic rings. The van der Waals surface area contributed by atoms with E-state index < -0.39 is 5.97 Å². The number of hydrogen-bond donors (Lipinski definition) is 0. The highest BCUT2D eigenvalue weighted by atomic mass is 35.5. The van der Waals surface area contributed by atoms with Gasteiger partial charge < -0.3 is 4.74 Å². The van der Waals surface area contributed by atoms with E-state index in [4.69, 9.17) is 39.5 Å². The quantitative estimate of drug-likeness (QED) is 0.457. The predicted octanol–water partition coefficient (Wildman–Crippen LogP) is 4.28. The fraction of sp³-hybridized carbons (Fsp3) is 0.133. The molecule has 0 saturated carbocycles. The highest BCUT2D eigenvalue weighted by molar-refractivity contribution is 6.48. The Labute approximate surface area is 147 Å². The van der Waals surface area contributed by atoms with Gasteiger partial charge in [0.25, 0.3) is 0 Å². The lowest BCUT2D eigenvalue weighted by Crippen LogP contribution is -2.03. The number of carbonyl (C=O) groups is 1. The van der Waals surface area contributed by atoms with Crippen LogP contribution in [0.2, 0.25) is 15.1 Å². The maximum Gasteiger partial charge on any atom is 0.330 e. The first kappa shape index (κ1) is 17.4. The van der Waals surface area contributed by atoms with Crippen molar-refractivity contribution in [3.05, 3.63) is 50.7 Å². The van der Waals surface area contributed by atoms with Crippen molar-refractivity contribution in [2.24, 2.45) is 0 Å². The lowest BCUT2D eigenvalue weighted by Gasteiger charge is -2.09. The van der Waals surface area contributed by atoms with Gasteiger partial charge in [0.15, 0.2) is 0 Å². The Bertz CT molecular complexity index is 822. The molecule has 0 radical (unpaired) electrons. The summed E-state index contributed by atoms with van der Waals surface area (Å²) in [4.78, 5) is 11.5. The van der Waals surface area contributed by atoms with E-state index in [0.29, 0.717) is 16.4 Å². The molecule has 0 saturated heterocycles. The van der Waals surface area contributed by atoms with Gasteiger partial charge in [0, 0.05) is 6.08 Å². The molecule has 0 unspecified atom stereocenters. The van der Waals surface area contributed by atoms with E-state index >= 15 is 0 Å². The average molecular weight is 371 g/mol. The Morgan fingerprint density at radius 2 is 2.13 bits per heavy atom. The maximum atomic E-state index is 11.5. The molecule has 0 aliphatic rings. The molecule has 0 aliphatic heterocycles. The first-order chi connectivity index (χ1) is 11.0. The van der Waals surface area contributed by atoms with Gasteiger partial charge in [-0.25, -0.2) is 9.48 Å². The summed E-state index contributed by atoms with van der Waals surface area (Å²) in [6.45, 7) is 1.96. The minimum absolute atomic E-state index is 0.181. The van der Waals surface area contributed by atoms with E-state index in [1.54, 1.807) is 19.1 Å². The zero-order valence-corrected chi connectivity index (χ0v) is 14.2. The second-order valence-electron chi connectivity index (χ2n) is 4.25. The zero-order chi connectivity index (χ0) is 17.0. The molecule has 118 valence electrons. The highest BCUT2D eigenvalue weighted by Gasteiger charge is 2.16. The van der Waals surface area contributed by atoms with Gasteiger partial charge in [0.05, 0.1) is 44.8 Å². The van der Waals surface area contributed by atoms with Crippen molar-refractivity contribution in [3.8, 4) is 11.8 Å². The summed E-state index contributed by atoms with van der Waals surface area (Å²) in [5.74, 6) is -0.524. The third-order valence-electron chi connectivity index (χ3n) is 2.83. The van der Waals surface area contributed by atoms with Crippen LogP contribution in [0.5, 0.6) is 0 Å². The second kappa shape index (κ2) is 7.51. The van der Waals surface area contributed by atoms with Gasteiger partial charge in [-0.15, -0.1) is 0 Å². The Morgan fingerprint density at radius 3 is 2.78 bits per heavy atom. The van der Waals surface area contributed by atoms with E-state index in [9.17, 15) is 10.1 Å². The van der Waals surface area contributed by atoms with Crippen LogP contribution in [-0.2, 0) is 9.53 Å². The van der Waals surface area contributed by atoms with Crippen molar-refractivity contribution in [3.63, 3.8) is 0 Å². The van der Waals surface area contributed by atoms with Crippen LogP contribution >= 0.6 is 34.8 Å². The van der Waals surface area contributed by atoms with E-state index in [0.717, 1.165) is 0 Å². The van der Waals surface area contributed by atoms with Crippen molar-refractivity contribution in [1.82, 2.24) is 9.78 Å². The summed E-state index contributed by atoms with van der Waals surface area (Å²) >= 11 is 18.1. The third kappa shape index (κ3) is 3.67. The molecule has 0 bridgehead atoms. The predicted molar refractivity (Wildman–Crippen MR) is 89.0 cm³/mol. The molecule has 5 nitrogen and oxygen atoms in total.